The first kappa shape index (κ1) is 31.8. The average Bonchev–Trinajstić information content (AvgIpc) is 3.74. The van der Waals surface area contributed by atoms with E-state index in [1.54, 1.807) is 0 Å². The highest BCUT2D eigenvalue weighted by molar-refractivity contribution is 7.27. The maximum atomic E-state index is 2.51. The maximum absolute atomic E-state index is 2.51. The summed E-state index contributed by atoms with van der Waals surface area (Å²) in [6.45, 7) is 4.85. The van der Waals surface area contributed by atoms with Crippen molar-refractivity contribution in [2.24, 2.45) is 0 Å². The molecule has 11 aromatic rings. The number of rotatable bonds is 3. The summed E-state index contributed by atoms with van der Waals surface area (Å²) in [4.78, 5) is 0. The van der Waals surface area contributed by atoms with Gasteiger partial charge in [-0.15, -0.1) is 11.3 Å². The fourth-order valence-electron chi connectivity index (χ4n) is 10.1. The summed E-state index contributed by atoms with van der Waals surface area (Å²) in [5.41, 5.74) is 13.1. The SMILES string of the molecule is CC1(C)c2ccccc2-c2c(-c3cccc(-c4c5ccccc5c(-c5cccc6ccccc56)c5ccccc45)c3)cc3c(sc4c5ccccc5ccc34)c21. The first-order chi connectivity index (χ1) is 27.6. The minimum Gasteiger partial charge on any atom is -0.134 e. The molecule has 0 amide bonds. The molecule has 56 heavy (non-hydrogen) atoms. The molecule has 1 aliphatic carbocycles. The largest absolute Gasteiger partial charge is 0.134 e. The lowest BCUT2D eigenvalue weighted by molar-refractivity contribution is 0.667. The van der Waals surface area contributed by atoms with E-state index in [9.17, 15) is 0 Å². The average molecular weight is 729 g/mol. The molecule has 0 nitrogen and oxygen atoms in total. The van der Waals surface area contributed by atoms with E-state index in [1.807, 2.05) is 11.3 Å². The van der Waals surface area contributed by atoms with Crippen LogP contribution in [0.4, 0.5) is 0 Å². The molecule has 12 rings (SSSR count). The molecule has 0 saturated carbocycles. The van der Waals surface area contributed by atoms with Gasteiger partial charge in [0.2, 0.25) is 0 Å². The van der Waals surface area contributed by atoms with E-state index in [0.29, 0.717) is 0 Å². The fourth-order valence-corrected chi connectivity index (χ4v) is 11.7. The Balaban J connectivity index is 1.16. The van der Waals surface area contributed by atoms with Crippen molar-refractivity contribution in [3.63, 3.8) is 0 Å². The zero-order valence-corrected chi connectivity index (χ0v) is 32.0. The third-order valence-corrected chi connectivity index (χ3v) is 13.9. The Bertz CT molecular complexity index is 3390. The van der Waals surface area contributed by atoms with E-state index in [2.05, 4.69) is 196 Å². The predicted octanol–water partition coefficient (Wildman–Crippen LogP) is 16.0. The van der Waals surface area contributed by atoms with Crippen molar-refractivity contribution in [2.75, 3.05) is 0 Å². The Morgan fingerprint density at radius 1 is 0.339 bits per heavy atom. The van der Waals surface area contributed by atoms with Gasteiger partial charge < -0.3 is 0 Å². The Morgan fingerprint density at radius 3 is 1.64 bits per heavy atom. The molecule has 0 atom stereocenters. The zero-order chi connectivity index (χ0) is 37.1. The van der Waals surface area contributed by atoms with Crippen LogP contribution in [0.25, 0.3) is 108 Å². The lowest BCUT2D eigenvalue weighted by Gasteiger charge is -2.23. The summed E-state index contributed by atoms with van der Waals surface area (Å²) in [6, 6.07) is 68.1. The highest BCUT2D eigenvalue weighted by atomic mass is 32.1. The third-order valence-electron chi connectivity index (χ3n) is 12.6. The van der Waals surface area contributed by atoms with Gasteiger partial charge in [0.1, 0.15) is 0 Å². The summed E-state index contributed by atoms with van der Waals surface area (Å²) in [7, 11) is 0. The maximum Gasteiger partial charge on any atom is 0.0433 e. The lowest BCUT2D eigenvalue weighted by Crippen LogP contribution is -2.15. The molecule has 0 radical (unpaired) electrons. The van der Waals surface area contributed by atoms with Crippen molar-refractivity contribution in [3.8, 4) is 44.5 Å². The van der Waals surface area contributed by atoms with Gasteiger partial charge in [-0.3, -0.25) is 0 Å². The number of fused-ring (bicyclic) bond motifs is 12. The van der Waals surface area contributed by atoms with Crippen molar-refractivity contribution >= 4 is 74.6 Å². The molecule has 0 N–H and O–H groups in total. The van der Waals surface area contributed by atoms with Gasteiger partial charge in [-0.2, -0.15) is 0 Å². The Morgan fingerprint density at radius 2 is 0.893 bits per heavy atom. The van der Waals surface area contributed by atoms with Crippen LogP contribution in [0.1, 0.15) is 25.0 Å². The molecule has 0 fully saturated rings. The molecule has 1 aromatic heterocycles. The van der Waals surface area contributed by atoms with Crippen LogP contribution in [-0.4, -0.2) is 0 Å². The molecule has 0 spiro atoms. The molecule has 10 aromatic carbocycles. The topological polar surface area (TPSA) is 0 Å². The minimum atomic E-state index is -0.141. The van der Waals surface area contributed by atoms with Crippen LogP contribution >= 0.6 is 11.3 Å². The molecular formula is C55H36S. The van der Waals surface area contributed by atoms with Crippen molar-refractivity contribution in [2.45, 2.75) is 19.3 Å². The quantitative estimate of drug-likeness (QED) is 0.159. The van der Waals surface area contributed by atoms with E-state index >= 15 is 0 Å². The third kappa shape index (κ3) is 4.35. The summed E-state index contributed by atoms with van der Waals surface area (Å²) in [5.74, 6) is 0. The first-order valence-electron chi connectivity index (χ1n) is 19.6. The molecular weight excluding hydrogens is 693 g/mol. The van der Waals surface area contributed by atoms with Crippen LogP contribution < -0.4 is 0 Å². The zero-order valence-electron chi connectivity index (χ0n) is 31.2. The highest BCUT2D eigenvalue weighted by Crippen LogP contribution is 2.58. The van der Waals surface area contributed by atoms with Gasteiger partial charge in [0.15, 0.2) is 0 Å². The fraction of sp³-hybridized carbons (Fsp3) is 0.0545. The number of hydrogen-bond acceptors (Lipinski definition) is 1. The van der Waals surface area contributed by atoms with Crippen LogP contribution in [0.15, 0.2) is 182 Å². The number of benzene rings is 10. The summed E-state index contributed by atoms with van der Waals surface area (Å²) < 4.78 is 2.79. The molecule has 262 valence electrons. The minimum absolute atomic E-state index is 0.141. The number of hydrogen-bond donors (Lipinski definition) is 0. The Labute approximate surface area is 329 Å². The second kappa shape index (κ2) is 11.7. The molecule has 0 bridgehead atoms. The Hall–Kier alpha value is -6.54. The van der Waals surface area contributed by atoms with Gasteiger partial charge in [-0.1, -0.05) is 184 Å². The monoisotopic (exact) mass is 728 g/mol. The van der Waals surface area contributed by atoms with Crippen molar-refractivity contribution in [1.29, 1.82) is 0 Å². The van der Waals surface area contributed by atoms with Gasteiger partial charge in [-0.25, -0.2) is 0 Å². The van der Waals surface area contributed by atoms with Crippen LogP contribution in [0.5, 0.6) is 0 Å². The Kier molecular flexibility index (Phi) is 6.66. The van der Waals surface area contributed by atoms with Gasteiger partial charge in [0.05, 0.1) is 0 Å². The smallest absolute Gasteiger partial charge is 0.0433 e. The summed E-state index contributed by atoms with van der Waals surface area (Å²) in [6.07, 6.45) is 0. The van der Waals surface area contributed by atoms with Crippen LogP contribution in [0, 0.1) is 0 Å². The van der Waals surface area contributed by atoms with Gasteiger partial charge in [0.25, 0.3) is 0 Å². The van der Waals surface area contributed by atoms with Crippen LogP contribution in [0.2, 0.25) is 0 Å². The van der Waals surface area contributed by atoms with E-state index < -0.39 is 0 Å². The first-order valence-corrected chi connectivity index (χ1v) is 20.4. The summed E-state index contributed by atoms with van der Waals surface area (Å²) >= 11 is 1.98. The molecule has 0 aliphatic heterocycles. The standard InChI is InChI=1S/C55H36S/c1-55(2)48-28-12-11-26-45(48)51-46(32-47-44-30-29-34-16-4-6-21-38(34)53(44)56-54(47)52(51)55)35-18-13-19-36(31-35)49-40-22-7-9-24-42(40)50(43-25-10-8-23-41(43)49)39-27-14-17-33-15-3-5-20-37(33)39/h3-32H,1-2H3. The van der Waals surface area contributed by atoms with E-state index in [0.717, 1.165) is 0 Å². The van der Waals surface area contributed by atoms with Gasteiger partial charge >= 0.3 is 0 Å². The summed E-state index contributed by atoms with van der Waals surface area (Å²) in [5, 5.41) is 13.0. The van der Waals surface area contributed by atoms with Crippen LogP contribution in [-0.2, 0) is 5.41 Å². The van der Waals surface area contributed by atoms with Gasteiger partial charge in [-0.05, 0) is 111 Å². The normalized spacial score (nSPS) is 13.3. The highest BCUT2D eigenvalue weighted by Gasteiger charge is 2.39. The van der Waals surface area contributed by atoms with E-state index in [1.165, 1.54) is 119 Å². The predicted molar refractivity (Wildman–Crippen MR) is 243 cm³/mol. The lowest BCUT2D eigenvalue weighted by atomic mass is 9.81. The van der Waals surface area contributed by atoms with Crippen molar-refractivity contribution in [3.05, 3.63) is 193 Å². The molecule has 1 heteroatoms. The van der Waals surface area contributed by atoms with Gasteiger partial charge in [0, 0.05) is 25.6 Å². The molecule has 1 heterocycles. The van der Waals surface area contributed by atoms with Crippen LogP contribution in [0.3, 0.4) is 0 Å². The van der Waals surface area contributed by atoms with Crippen molar-refractivity contribution in [1.82, 2.24) is 0 Å². The van der Waals surface area contributed by atoms with E-state index in [-0.39, 0.29) is 5.41 Å². The molecule has 1 aliphatic rings. The molecule has 0 saturated heterocycles. The van der Waals surface area contributed by atoms with Crippen molar-refractivity contribution < 1.29 is 0 Å². The molecule has 0 unspecified atom stereocenters. The van der Waals surface area contributed by atoms with E-state index in [4.69, 9.17) is 0 Å². The number of thiophene rings is 1. The second-order valence-electron chi connectivity index (χ2n) is 15.9. The second-order valence-corrected chi connectivity index (χ2v) is 17.0.